The van der Waals surface area contributed by atoms with Crippen molar-refractivity contribution >= 4 is 39.6 Å². The van der Waals surface area contributed by atoms with Crippen molar-refractivity contribution in [2.24, 2.45) is 0 Å². The molecule has 0 unspecified atom stereocenters. The normalized spacial score (nSPS) is 11.2. The van der Waals surface area contributed by atoms with E-state index in [0.29, 0.717) is 11.4 Å². The van der Waals surface area contributed by atoms with Crippen LogP contribution in [0.4, 0.5) is 10.8 Å². The summed E-state index contributed by atoms with van der Waals surface area (Å²) in [4.78, 5) is 16.9. The zero-order valence-corrected chi connectivity index (χ0v) is 18.8. The summed E-state index contributed by atoms with van der Waals surface area (Å²) in [6.45, 7) is 6.30. The molecule has 4 aromatic rings. The summed E-state index contributed by atoms with van der Waals surface area (Å²) < 4.78 is 2.40. The fourth-order valence-electron chi connectivity index (χ4n) is 3.29. The number of anilines is 2. The molecule has 0 bridgehead atoms. The van der Waals surface area contributed by atoms with E-state index in [1.165, 1.54) is 22.5 Å². The third-order valence-electron chi connectivity index (χ3n) is 4.86. The lowest BCUT2D eigenvalue weighted by atomic mass is 10.0. The maximum atomic E-state index is 12.3. The van der Waals surface area contributed by atoms with Crippen LogP contribution in [0.1, 0.15) is 36.2 Å². The van der Waals surface area contributed by atoms with Gasteiger partial charge in [0.25, 0.3) is 5.56 Å². The van der Waals surface area contributed by atoms with Gasteiger partial charge in [0.15, 0.2) is 4.34 Å². The molecule has 0 amide bonds. The number of aryl methyl sites for hydroxylation is 3. The fourth-order valence-corrected chi connectivity index (χ4v) is 4.94. The number of nitrogens with zero attached hydrogens (tertiary/aromatic N) is 4. The van der Waals surface area contributed by atoms with Gasteiger partial charge in [0, 0.05) is 23.7 Å². The first kappa shape index (κ1) is 20.6. The Kier molecular flexibility index (Phi) is 6.15. The third-order valence-corrected chi connectivity index (χ3v) is 6.86. The van der Waals surface area contributed by atoms with E-state index in [1.807, 2.05) is 19.1 Å². The first-order chi connectivity index (χ1) is 14.6. The summed E-state index contributed by atoms with van der Waals surface area (Å²) in [5, 5.41) is 12.8. The second kappa shape index (κ2) is 8.97. The highest BCUT2D eigenvalue weighted by Crippen LogP contribution is 2.32. The van der Waals surface area contributed by atoms with Gasteiger partial charge in [-0.1, -0.05) is 55.1 Å². The number of pyridine rings is 1. The van der Waals surface area contributed by atoms with Gasteiger partial charge in [-0.25, -0.2) is 4.98 Å². The van der Waals surface area contributed by atoms with E-state index in [4.69, 9.17) is 0 Å². The minimum Gasteiger partial charge on any atom is -0.330 e. The van der Waals surface area contributed by atoms with Crippen LogP contribution in [0, 0.1) is 6.92 Å². The quantitative estimate of drug-likeness (QED) is 0.410. The standard InChI is InChI=1S/C22H23N5OS2/c1-4-15-7-6-8-16(5-2)20(15)24-21-25-26-22(30-21)29-13-17-12-19(28)27-10-9-14(3)11-18(27)23-17/h6-12H,4-5,13H2,1-3H3,(H,24,25). The molecule has 8 heteroatoms. The molecule has 1 N–H and O–H groups in total. The first-order valence-corrected chi connectivity index (χ1v) is 11.7. The first-order valence-electron chi connectivity index (χ1n) is 9.90. The van der Waals surface area contributed by atoms with Gasteiger partial charge in [-0.2, -0.15) is 0 Å². The van der Waals surface area contributed by atoms with E-state index in [0.717, 1.165) is 39.3 Å². The third kappa shape index (κ3) is 4.39. The van der Waals surface area contributed by atoms with E-state index in [1.54, 1.807) is 28.4 Å². The van der Waals surface area contributed by atoms with E-state index in [2.05, 4.69) is 52.5 Å². The van der Waals surface area contributed by atoms with Crippen LogP contribution in [0.5, 0.6) is 0 Å². The van der Waals surface area contributed by atoms with Gasteiger partial charge < -0.3 is 5.32 Å². The van der Waals surface area contributed by atoms with Crippen LogP contribution in [0.3, 0.4) is 0 Å². The van der Waals surface area contributed by atoms with Gasteiger partial charge >= 0.3 is 0 Å². The molecular weight excluding hydrogens is 414 g/mol. The van der Waals surface area contributed by atoms with Crippen molar-refractivity contribution in [2.45, 2.75) is 43.7 Å². The topological polar surface area (TPSA) is 72.2 Å². The Morgan fingerprint density at radius 3 is 2.60 bits per heavy atom. The number of para-hydroxylation sites is 1. The van der Waals surface area contributed by atoms with Gasteiger partial charge in [-0.15, -0.1) is 10.2 Å². The molecular formula is C22H23N5OS2. The molecule has 0 saturated carbocycles. The predicted octanol–water partition coefficient (Wildman–Crippen LogP) is 5.02. The number of fused-ring (bicyclic) bond motifs is 1. The fraction of sp³-hybridized carbons (Fsp3) is 0.273. The molecule has 0 aliphatic heterocycles. The lowest BCUT2D eigenvalue weighted by molar-refractivity contribution is 0.997. The van der Waals surface area contributed by atoms with E-state index >= 15 is 0 Å². The number of nitrogens with one attached hydrogen (secondary N) is 1. The second-order valence-electron chi connectivity index (χ2n) is 6.96. The minimum atomic E-state index is -0.0708. The van der Waals surface area contributed by atoms with E-state index in [9.17, 15) is 4.79 Å². The minimum absolute atomic E-state index is 0.0708. The summed E-state index contributed by atoms with van der Waals surface area (Å²) in [5.41, 5.74) is 6.09. The summed E-state index contributed by atoms with van der Waals surface area (Å²) in [6.07, 6.45) is 3.68. The molecule has 6 nitrogen and oxygen atoms in total. The molecule has 0 fully saturated rings. The Morgan fingerprint density at radius 1 is 1.10 bits per heavy atom. The number of rotatable bonds is 7. The molecule has 3 aromatic heterocycles. The monoisotopic (exact) mass is 437 g/mol. The SMILES string of the molecule is CCc1cccc(CC)c1Nc1nnc(SCc2cc(=O)n3ccc(C)cc3n2)s1. The van der Waals surface area contributed by atoms with Crippen LogP contribution in [0.15, 0.2) is 51.7 Å². The van der Waals surface area contributed by atoms with Crippen molar-refractivity contribution in [2.75, 3.05) is 5.32 Å². The van der Waals surface area contributed by atoms with Crippen molar-refractivity contribution < 1.29 is 0 Å². The highest BCUT2D eigenvalue weighted by molar-refractivity contribution is 8.00. The predicted molar refractivity (Wildman–Crippen MR) is 124 cm³/mol. The Balaban J connectivity index is 1.50. The zero-order valence-electron chi connectivity index (χ0n) is 17.2. The Bertz CT molecular complexity index is 1230. The summed E-state index contributed by atoms with van der Waals surface area (Å²) in [7, 11) is 0. The maximum Gasteiger partial charge on any atom is 0.258 e. The van der Waals surface area contributed by atoms with Gasteiger partial charge in [-0.3, -0.25) is 9.20 Å². The van der Waals surface area contributed by atoms with Gasteiger partial charge in [0.2, 0.25) is 5.13 Å². The number of hydrogen-bond acceptors (Lipinski definition) is 7. The van der Waals surface area contributed by atoms with Crippen LogP contribution < -0.4 is 10.9 Å². The van der Waals surface area contributed by atoms with Crippen molar-refractivity contribution in [1.29, 1.82) is 0 Å². The molecule has 30 heavy (non-hydrogen) atoms. The molecule has 0 aliphatic carbocycles. The largest absolute Gasteiger partial charge is 0.330 e. The number of thioether (sulfide) groups is 1. The molecule has 0 radical (unpaired) electrons. The number of hydrogen-bond donors (Lipinski definition) is 1. The smallest absolute Gasteiger partial charge is 0.258 e. The van der Waals surface area contributed by atoms with E-state index in [-0.39, 0.29) is 5.56 Å². The second-order valence-corrected chi connectivity index (χ2v) is 9.16. The lowest BCUT2D eigenvalue weighted by Gasteiger charge is -2.13. The van der Waals surface area contributed by atoms with Crippen molar-refractivity contribution in [3.05, 3.63) is 75.3 Å². The molecule has 0 atom stereocenters. The zero-order chi connectivity index (χ0) is 21.1. The van der Waals surface area contributed by atoms with Gasteiger partial charge in [0.1, 0.15) is 5.65 Å². The van der Waals surface area contributed by atoms with E-state index < -0.39 is 0 Å². The van der Waals surface area contributed by atoms with Gasteiger partial charge in [-0.05, 0) is 48.6 Å². The van der Waals surface area contributed by atoms with Crippen LogP contribution in [-0.2, 0) is 18.6 Å². The Labute approximate surface area is 183 Å². The molecule has 1 aromatic carbocycles. The lowest BCUT2D eigenvalue weighted by Crippen LogP contribution is -2.15. The number of benzene rings is 1. The van der Waals surface area contributed by atoms with Crippen molar-refractivity contribution in [3.63, 3.8) is 0 Å². The Morgan fingerprint density at radius 2 is 1.87 bits per heavy atom. The molecule has 4 rings (SSSR count). The maximum absolute atomic E-state index is 12.3. The highest BCUT2D eigenvalue weighted by atomic mass is 32.2. The van der Waals surface area contributed by atoms with Crippen LogP contribution in [0.2, 0.25) is 0 Å². The van der Waals surface area contributed by atoms with Crippen molar-refractivity contribution in [3.8, 4) is 0 Å². The molecule has 3 heterocycles. The Hall–Kier alpha value is -2.71. The van der Waals surface area contributed by atoms with Crippen molar-refractivity contribution in [1.82, 2.24) is 19.6 Å². The summed E-state index contributed by atoms with van der Waals surface area (Å²) in [5.74, 6) is 0.570. The molecule has 0 aliphatic rings. The van der Waals surface area contributed by atoms with Crippen LogP contribution >= 0.6 is 23.1 Å². The average Bonchev–Trinajstić information content (AvgIpc) is 3.19. The average molecular weight is 438 g/mol. The molecule has 0 saturated heterocycles. The van der Waals surface area contributed by atoms with Gasteiger partial charge in [0.05, 0.1) is 5.69 Å². The molecule has 0 spiro atoms. The van der Waals surface area contributed by atoms with Crippen LogP contribution in [-0.4, -0.2) is 19.6 Å². The summed E-state index contributed by atoms with van der Waals surface area (Å²) in [6, 6.07) is 11.8. The number of aromatic nitrogens is 4. The molecule has 154 valence electrons. The highest BCUT2D eigenvalue weighted by Gasteiger charge is 2.11. The summed E-state index contributed by atoms with van der Waals surface area (Å²) >= 11 is 3.05. The van der Waals surface area contributed by atoms with Crippen LogP contribution in [0.25, 0.3) is 5.65 Å².